The summed E-state index contributed by atoms with van der Waals surface area (Å²) in [5.74, 6) is 0.723. The lowest BCUT2D eigenvalue weighted by Gasteiger charge is -2.56. The number of nitrogens with zero attached hydrogens (tertiary/aromatic N) is 9. The van der Waals surface area contributed by atoms with E-state index >= 15 is 0 Å². The standard InChI is InChI=1S/C29H27N9O/c1-35-15-23(13-33-35)21-7-26(29-22(9-30)12-34-38(29)16-21)20-4-5-27(31-11-20)36-17-24-8-25(18-36)37(24)14-19-3-6-28(39-2)32-10-19/h3-7,10-13,15-16,24-25H,8,14,17-18H2,1-2H3/i2D3,14D2. The number of hydrogen-bond acceptors (Lipinski definition) is 8. The third kappa shape index (κ3) is 4.08. The second kappa shape index (κ2) is 9.22. The highest BCUT2D eigenvalue weighted by atomic mass is 16.5. The third-order valence-electron chi connectivity index (χ3n) is 7.45. The number of pyridine rings is 3. The number of hydrogen-bond donors (Lipinski definition) is 0. The molecule has 39 heavy (non-hydrogen) atoms. The molecule has 3 saturated heterocycles. The van der Waals surface area contributed by atoms with Crippen molar-refractivity contribution in [2.45, 2.75) is 25.0 Å². The number of aromatic nitrogens is 6. The fraction of sp³-hybridized carbons (Fsp3) is 0.276. The van der Waals surface area contributed by atoms with Crippen LogP contribution in [0.5, 0.6) is 5.88 Å². The predicted molar refractivity (Wildman–Crippen MR) is 146 cm³/mol. The molecule has 2 bridgehead atoms. The number of aryl methyl sites for hydroxylation is 1. The summed E-state index contributed by atoms with van der Waals surface area (Å²) < 4.78 is 47.7. The number of methoxy groups -OCH3 is 1. The van der Waals surface area contributed by atoms with Crippen molar-refractivity contribution in [3.05, 3.63) is 78.6 Å². The second-order valence-electron chi connectivity index (χ2n) is 9.87. The molecule has 10 heteroatoms. The molecule has 194 valence electrons. The van der Waals surface area contributed by atoms with E-state index in [9.17, 15) is 5.26 Å². The maximum atomic E-state index is 9.73. The smallest absolute Gasteiger partial charge is 0.212 e. The minimum atomic E-state index is -2.62. The molecule has 0 spiro atoms. The van der Waals surface area contributed by atoms with Crippen molar-refractivity contribution >= 4 is 11.3 Å². The SMILES string of the molecule is [2H]C([2H])([2H])Oc1ccc(C([2H])([2H])N2C3CC2CN(c2ccc(-c4cc(-c5cnn(C)c5)cn5ncc(C#N)c45)cn2)C3)cn1. The molecule has 2 atom stereocenters. The Kier molecular flexibility index (Phi) is 4.37. The van der Waals surface area contributed by atoms with Gasteiger partial charge in [0.05, 0.1) is 34.6 Å². The molecule has 2 unspecified atom stereocenters. The van der Waals surface area contributed by atoms with Gasteiger partial charge in [-0.15, -0.1) is 0 Å². The van der Waals surface area contributed by atoms with E-state index in [2.05, 4.69) is 26.2 Å². The quantitative estimate of drug-likeness (QED) is 0.334. The number of piperidine rings is 1. The van der Waals surface area contributed by atoms with Crippen LogP contribution < -0.4 is 9.64 Å². The van der Waals surface area contributed by atoms with Gasteiger partial charge in [-0.05, 0) is 30.2 Å². The summed E-state index contributed by atoms with van der Waals surface area (Å²) in [6.07, 6.45) is 11.2. The Labute approximate surface area is 232 Å². The van der Waals surface area contributed by atoms with E-state index < -0.39 is 13.5 Å². The molecule has 0 aliphatic carbocycles. The van der Waals surface area contributed by atoms with Gasteiger partial charge in [-0.3, -0.25) is 9.58 Å². The third-order valence-corrected chi connectivity index (χ3v) is 7.45. The Balaban J connectivity index is 1.11. The molecule has 0 amide bonds. The molecule has 3 aliphatic heterocycles. The molecular weight excluding hydrogens is 490 g/mol. The number of nitriles is 1. The van der Waals surface area contributed by atoms with E-state index in [0.717, 1.165) is 34.5 Å². The molecule has 0 radical (unpaired) electrons. The lowest BCUT2D eigenvalue weighted by molar-refractivity contribution is -0.00876. The Morgan fingerprint density at radius 3 is 2.62 bits per heavy atom. The van der Waals surface area contributed by atoms with Gasteiger partial charge in [-0.1, -0.05) is 6.07 Å². The van der Waals surface area contributed by atoms with Crippen molar-refractivity contribution < 1.29 is 11.6 Å². The zero-order chi connectivity index (χ0) is 30.8. The van der Waals surface area contributed by atoms with Crippen LogP contribution in [0.15, 0.2) is 67.5 Å². The number of anilines is 1. The number of ether oxygens (including phenoxy) is 1. The highest BCUT2D eigenvalue weighted by molar-refractivity contribution is 5.87. The first kappa shape index (κ1) is 18.5. The van der Waals surface area contributed by atoms with Gasteiger partial charge in [-0.25, -0.2) is 14.5 Å². The molecule has 10 nitrogen and oxygen atoms in total. The van der Waals surface area contributed by atoms with Gasteiger partial charge in [-0.2, -0.15) is 15.5 Å². The Morgan fingerprint density at radius 2 is 1.92 bits per heavy atom. The first-order valence-corrected chi connectivity index (χ1v) is 12.6. The topological polar surface area (TPSA) is 100 Å². The van der Waals surface area contributed by atoms with Crippen LogP contribution in [0.4, 0.5) is 5.82 Å². The van der Waals surface area contributed by atoms with Gasteiger partial charge >= 0.3 is 0 Å². The second-order valence-corrected chi connectivity index (χ2v) is 9.87. The monoisotopic (exact) mass is 522 g/mol. The summed E-state index contributed by atoms with van der Waals surface area (Å²) in [6.45, 7) is -0.563. The Morgan fingerprint density at radius 1 is 1.03 bits per heavy atom. The van der Waals surface area contributed by atoms with Gasteiger partial charge in [0.15, 0.2) is 0 Å². The van der Waals surface area contributed by atoms with Gasteiger partial charge in [0.2, 0.25) is 5.88 Å². The van der Waals surface area contributed by atoms with E-state index in [0.29, 0.717) is 29.7 Å². The lowest BCUT2D eigenvalue weighted by atomic mass is 9.87. The zero-order valence-corrected chi connectivity index (χ0v) is 21.1. The van der Waals surface area contributed by atoms with Crippen molar-refractivity contribution in [1.29, 1.82) is 5.26 Å². The normalized spacial score (nSPS) is 21.2. The number of fused-ring (bicyclic) bond motifs is 3. The average Bonchev–Trinajstić information content (AvgIpc) is 3.62. The first-order valence-electron chi connectivity index (χ1n) is 15.1. The van der Waals surface area contributed by atoms with Crippen LogP contribution in [0.3, 0.4) is 0 Å². The van der Waals surface area contributed by atoms with Crippen LogP contribution in [0.25, 0.3) is 27.8 Å². The number of rotatable bonds is 6. The molecule has 8 heterocycles. The maximum absolute atomic E-state index is 9.73. The van der Waals surface area contributed by atoms with Crippen molar-refractivity contribution in [2.75, 3.05) is 25.0 Å². The summed E-state index contributed by atoms with van der Waals surface area (Å²) in [5, 5.41) is 18.4. The molecule has 3 fully saturated rings. The van der Waals surface area contributed by atoms with Gasteiger partial charge in [0.1, 0.15) is 11.9 Å². The summed E-state index contributed by atoms with van der Waals surface area (Å²) in [4.78, 5) is 12.8. The molecule has 0 saturated carbocycles. The van der Waals surface area contributed by atoms with Crippen LogP contribution >= 0.6 is 0 Å². The van der Waals surface area contributed by atoms with Gasteiger partial charge < -0.3 is 9.64 Å². The van der Waals surface area contributed by atoms with Crippen molar-refractivity contribution in [3.63, 3.8) is 0 Å². The highest BCUT2D eigenvalue weighted by Gasteiger charge is 2.44. The number of piperazine rings is 1. The molecule has 3 aliphatic rings. The van der Waals surface area contributed by atoms with E-state index in [1.165, 1.54) is 18.3 Å². The van der Waals surface area contributed by atoms with Crippen LogP contribution in [-0.4, -0.2) is 66.5 Å². The van der Waals surface area contributed by atoms with Crippen LogP contribution in [0.2, 0.25) is 0 Å². The van der Waals surface area contributed by atoms with Crippen molar-refractivity contribution in [2.24, 2.45) is 7.05 Å². The first-order chi connectivity index (χ1) is 21.0. The summed E-state index contributed by atoms with van der Waals surface area (Å²) in [7, 11) is -0.757. The molecule has 0 N–H and O–H groups in total. The highest BCUT2D eigenvalue weighted by Crippen LogP contribution is 2.37. The summed E-state index contributed by atoms with van der Waals surface area (Å²) in [6, 6.07) is 11.1. The molecular formula is C29H27N9O. The van der Waals surface area contributed by atoms with E-state index in [1.807, 2.05) is 42.5 Å². The van der Waals surface area contributed by atoms with E-state index in [-0.39, 0.29) is 18.0 Å². The van der Waals surface area contributed by atoms with Crippen LogP contribution in [0.1, 0.15) is 24.4 Å². The van der Waals surface area contributed by atoms with Gasteiger partial charge in [0.25, 0.3) is 0 Å². The minimum absolute atomic E-state index is 0.0238. The largest absolute Gasteiger partial charge is 0.481 e. The summed E-state index contributed by atoms with van der Waals surface area (Å²) >= 11 is 0. The maximum Gasteiger partial charge on any atom is 0.212 e. The molecule has 5 aromatic heterocycles. The van der Waals surface area contributed by atoms with Crippen molar-refractivity contribution in [3.8, 4) is 34.2 Å². The summed E-state index contributed by atoms with van der Waals surface area (Å²) in [5.41, 5.74) is 5.06. The van der Waals surface area contributed by atoms with Crippen molar-refractivity contribution in [1.82, 2.24) is 34.3 Å². The fourth-order valence-corrected chi connectivity index (χ4v) is 5.52. The van der Waals surface area contributed by atoms with Crippen LogP contribution in [0, 0.1) is 11.3 Å². The van der Waals surface area contributed by atoms with Gasteiger partial charge in [0, 0.05) is 94.6 Å². The lowest BCUT2D eigenvalue weighted by Crippen LogP contribution is -2.68. The van der Waals surface area contributed by atoms with E-state index in [4.69, 9.17) is 16.6 Å². The average molecular weight is 523 g/mol. The minimum Gasteiger partial charge on any atom is -0.481 e. The molecule has 5 aromatic rings. The Hall–Kier alpha value is -4.75. The molecule has 8 rings (SSSR count). The fourth-order valence-electron chi connectivity index (χ4n) is 5.52. The Bertz CT molecular complexity index is 1880. The predicted octanol–water partition coefficient (Wildman–Crippen LogP) is 3.54. The zero-order valence-electron chi connectivity index (χ0n) is 26.1. The van der Waals surface area contributed by atoms with E-state index in [1.54, 1.807) is 27.8 Å². The van der Waals surface area contributed by atoms with Crippen LogP contribution in [-0.2, 0) is 13.5 Å². The molecule has 0 aromatic carbocycles.